The highest BCUT2D eigenvalue weighted by molar-refractivity contribution is 6.35. The number of ketones is 1. The highest BCUT2D eigenvalue weighted by Crippen LogP contribution is 2.38. The van der Waals surface area contributed by atoms with Gasteiger partial charge in [-0.05, 0) is 50.3 Å². The number of carbonyl (C=O) groups excluding carboxylic acids is 3. The lowest BCUT2D eigenvalue weighted by Gasteiger charge is -2.48. The Hall–Kier alpha value is -1.67. The Labute approximate surface area is 205 Å². The van der Waals surface area contributed by atoms with Crippen LogP contribution in [0.2, 0.25) is 10.0 Å². The van der Waals surface area contributed by atoms with Crippen LogP contribution >= 0.6 is 23.2 Å². The van der Waals surface area contributed by atoms with Crippen molar-refractivity contribution in [3.05, 3.63) is 33.8 Å². The molecule has 0 bridgehead atoms. The zero-order chi connectivity index (χ0) is 24.0. The van der Waals surface area contributed by atoms with Gasteiger partial charge in [0.2, 0.25) is 11.8 Å². The summed E-state index contributed by atoms with van der Waals surface area (Å²) in [4.78, 5) is 40.8. The van der Waals surface area contributed by atoms with Crippen LogP contribution in [0.4, 0.5) is 0 Å². The number of amides is 2. The Balaban J connectivity index is 1.74. The Morgan fingerprint density at radius 1 is 1.18 bits per heavy atom. The van der Waals surface area contributed by atoms with E-state index in [1.54, 1.807) is 18.2 Å². The number of hydrogen-bond acceptors (Lipinski definition) is 5. The van der Waals surface area contributed by atoms with Crippen molar-refractivity contribution in [1.29, 1.82) is 0 Å². The SMILES string of the molecule is CCNC(=O)C1(N2CCNCC2)CCC(C(=O)C(Cc2ccc(Cl)cc2Cl)NC(C)=O)CC1. The van der Waals surface area contributed by atoms with Crippen LogP contribution in [-0.2, 0) is 20.8 Å². The van der Waals surface area contributed by atoms with E-state index < -0.39 is 11.6 Å². The van der Waals surface area contributed by atoms with E-state index in [1.807, 2.05) is 6.92 Å². The van der Waals surface area contributed by atoms with E-state index in [4.69, 9.17) is 23.2 Å². The molecule has 1 aromatic carbocycles. The fourth-order valence-corrected chi connectivity index (χ4v) is 5.63. The van der Waals surface area contributed by atoms with Crippen LogP contribution in [0.5, 0.6) is 0 Å². The lowest BCUT2D eigenvalue weighted by molar-refractivity contribution is -0.140. The number of Topliss-reactive ketones (excluding diaryl/α,β-unsaturated/α-hetero) is 1. The molecule has 7 nitrogen and oxygen atoms in total. The van der Waals surface area contributed by atoms with Crippen molar-refractivity contribution in [2.45, 2.75) is 57.5 Å². The number of nitrogens with one attached hydrogen (secondary N) is 3. The van der Waals surface area contributed by atoms with Gasteiger partial charge >= 0.3 is 0 Å². The number of piperazine rings is 1. The molecule has 1 saturated heterocycles. The summed E-state index contributed by atoms with van der Waals surface area (Å²) in [6.45, 7) is 7.28. The quantitative estimate of drug-likeness (QED) is 0.514. The molecule has 1 atom stereocenters. The van der Waals surface area contributed by atoms with Crippen LogP contribution in [0.1, 0.15) is 45.1 Å². The number of rotatable bonds is 8. The molecule has 33 heavy (non-hydrogen) atoms. The fraction of sp³-hybridized carbons (Fsp3) is 0.625. The Morgan fingerprint density at radius 2 is 1.85 bits per heavy atom. The van der Waals surface area contributed by atoms with E-state index in [9.17, 15) is 14.4 Å². The Morgan fingerprint density at radius 3 is 2.42 bits per heavy atom. The summed E-state index contributed by atoms with van der Waals surface area (Å²) in [5, 5.41) is 10.2. The second kappa shape index (κ2) is 11.6. The zero-order valence-electron chi connectivity index (χ0n) is 19.4. The predicted molar refractivity (Wildman–Crippen MR) is 131 cm³/mol. The molecule has 2 amide bonds. The molecule has 1 aliphatic carbocycles. The van der Waals surface area contributed by atoms with Gasteiger partial charge in [0.15, 0.2) is 5.78 Å². The minimum Gasteiger partial charge on any atom is -0.355 e. The maximum Gasteiger partial charge on any atom is 0.240 e. The number of likely N-dealkylation sites (N-methyl/N-ethyl adjacent to an activating group) is 1. The van der Waals surface area contributed by atoms with E-state index in [-0.39, 0.29) is 23.5 Å². The molecule has 1 aromatic rings. The number of carbonyl (C=O) groups is 3. The molecule has 1 unspecified atom stereocenters. The molecule has 1 saturated carbocycles. The van der Waals surface area contributed by atoms with E-state index in [2.05, 4.69) is 20.9 Å². The molecule has 1 heterocycles. The van der Waals surface area contributed by atoms with Gasteiger partial charge in [-0.1, -0.05) is 29.3 Å². The highest BCUT2D eigenvalue weighted by atomic mass is 35.5. The van der Waals surface area contributed by atoms with Crippen LogP contribution < -0.4 is 16.0 Å². The van der Waals surface area contributed by atoms with E-state index >= 15 is 0 Å². The van der Waals surface area contributed by atoms with Gasteiger partial charge in [0.25, 0.3) is 0 Å². The third-order valence-corrected chi connectivity index (χ3v) is 7.44. The van der Waals surface area contributed by atoms with Gasteiger partial charge in [-0.2, -0.15) is 0 Å². The predicted octanol–water partition coefficient (Wildman–Crippen LogP) is 2.58. The minimum atomic E-state index is -0.665. The van der Waals surface area contributed by atoms with Gasteiger partial charge in [-0.3, -0.25) is 19.3 Å². The van der Waals surface area contributed by atoms with Crippen molar-refractivity contribution in [2.75, 3.05) is 32.7 Å². The molecule has 3 rings (SSSR count). The molecular weight excluding hydrogens is 463 g/mol. The summed E-state index contributed by atoms with van der Waals surface area (Å²) in [7, 11) is 0. The average Bonchev–Trinajstić information content (AvgIpc) is 2.80. The Bertz CT molecular complexity index is 865. The monoisotopic (exact) mass is 496 g/mol. The standard InChI is InChI=1S/C24H34Cl2N4O3/c1-3-28-23(33)24(30-12-10-27-11-13-30)8-6-17(7-9-24)22(32)21(29-16(2)31)14-18-4-5-19(25)15-20(18)26/h4-5,15,17,21,27H,3,6-14H2,1-2H3,(H,28,33)(H,29,31). The van der Waals surface area contributed by atoms with Gasteiger partial charge in [-0.25, -0.2) is 0 Å². The molecule has 3 N–H and O–H groups in total. The number of halogens is 2. The molecule has 0 radical (unpaired) electrons. The maximum atomic E-state index is 13.5. The third kappa shape index (κ3) is 6.27. The summed E-state index contributed by atoms with van der Waals surface area (Å²) >= 11 is 12.3. The summed E-state index contributed by atoms with van der Waals surface area (Å²) in [5.41, 5.74) is 0.194. The molecule has 0 aromatic heterocycles. The topological polar surface area (TPSA) is 90.5 Å². The van der Waals surface area contributed by atoms with Crippen LogP contribution in [0.15, 0.2) is 18.2 Å². The number of benzene rings is 1. The highest BCUT2D eigenvalue weighted by Gasteiger charge is 2.48. The van der Waals surface area contributed by atoms with E-state index in [0.717, 1.165) is 31.7 Å². The summed E-state index contributed by atoms with van der Waals surface area (Å²) in [6, 6.07) is 4.50. The van der Waals surface area contributed by atoms with Crippen molar-refractivity contribution in [1.82, 2.24) is 20.9 Å². The summed E-state index contributed by atoms with van der Waals surface area (Å²) < 4.78 is 0. The molecule has 9 heteroatoms. The molecule has 2 fully saturated rings. The van der Waals surface area contributed by atoms with Gasteiger partial charge in [0, 0.05) is 62.0 Å². The number of nitrogens with zero attached hydrogens (tertiary/aromatic N) is 1. The maximum absolute atomic E-state index is 13.5. The average molecular weight is 497 g/mol. The third-order valence-electron chi connectivity index (χ3n) is 6.86. The van der Waals surface area contributed by atoms with Crippen molar-refractivity contribution in [3.8, 4) is 0 Å². The second-order valence-electron chi connectivity index (χ2n) is 9.00. The molecule has 0 spiro atoms. The van der Waals surface area contributed by atoms with E-state index in [0.29, 0.717) is 48.7 Å². The van der Waals surface area contributed by atoms with Crippen LogP contribution in [0.3, 0.4) is 0 Å². The van der Waals surface area contributed by atoms with Crippen LogP contribution in [0, 0.1) is 5.92 Å². The first-order chi connectivity index (χ1) is 15.8. The molecular formula is C24H34Cl2N4O3. The van der Waals surface area contributed by atoms with Gasteiger partial charge < -0.3 is 16.0 Å². The van der Waals surface area contributed by atoms with Gasteiger partial charge in [-0.15, -0.1) is 0 Å². The van der Waals surface area contributed by atoms with Gasteiger partial charge in [0.1, 0.15) is 5.54 Å². The van der Waals surface area contributed by atoms with Crippen LogP contribution in [0.25, 0.3) is 0 Å². The smallest absolute Gasteiger partial charge is 0.240 e. The fourth-order valence-electron chi connectivity index (χ4n) is 5.14. The van der Waals surface area contributed by atoms with E-state index in [1.165, 1.54) is 6.92 Å². The van der Waals surface area contributed by atoms with Crippen molar-refractivity contribution in [3.63, 3.8) is 0 Å². The van der Waals surface area contributed by atoms with Crippen molar-refractivity contribution >= 4 is 40.8 Å². The lowest BCUT2D eigenvalue weighted by atomic mass is 9.72. The molecule has 1 aliphatic heterocycles. The zero-order valence-corrected chi connectivity index (χ0v) is 20.9. The Kier molecular flexibility index (Phi) is 9.16. The second-order valence-corrected chi connectivity index (χ2v) is 9.84. The first kappa shape index (κ1) is 25.9. The van der Waals surface area contributed by atoms with Crippen molar-refractivity contribution < 1.29 is 14.4 Å². The number of hydrogen-bond donors (Lipinski definition) is 3. The summed E-state index contributed by atoms with van der Waals surface area (Å²) in [6.07, 6.45) is 2.80. The normalized spacial score (nSPS) is 24.7. The minimum absolute atomic E-state index is 0.000951. The lowest BCUT2D eigenvalue weighted by Crippen LogP contribution is -2.64. The summed E-state index contributed by atoms with van der Waals surface area (Å²) in [5.74, 6) is -0.407. The molecule has 2 aliphatic rings. The van der Waals surface area contributed by atoms with Crippen molar-refractivity contribution in [2.24, 2.45) is 5.92 Å². The van der Waals surface area contributed by atoms with Crippen LogP contribution in [-0.4, -0.2) is 66.8 Å². The largest absolute Gasteiger partial charge is 0.355 e. The molecule has 182 valence electrons. The van der Waals surface area contributed by atoms with Gasteiger partial charge in [0.05, 0.1) is 6.04 Å². The first-order valence-corrected chi connectivity index (χ1v) is 12.5. The first-order valence-electron chi connectivity index (χ1n) is 11.8.